The van der Waals surface area contributed by atoms with Crippen LogP contribution in [0.2, 0.25) is 0 Å². The van der Waals surface area contributed by atoms with Crippen molar-refractivity contribution in [3.05, 3.63) is 88.9 Å². The number of benzene rings is 3. The van der Waals surface area contributed by atoms with Crippen LogP contribution in [-0.2, 0) is 26.2 Å². The number of ether oxygens (including phenoxy) is 1. The number of halogens is 1. The zero-order valence-electron chi connectivity index (χ0n) is 22.5. The summed E-state index contributed by atoms with van der Waals surface area (Å²) < 4.78 is 34.7. The zero-order valence-corrected chi connectivity index (χ0v) is 24.9. The molecule has 10 heteroatoms. The lowest BCUT2D eigenvalue weighted by atomic mass is 10.1. The van der Waals surface area contributed by atoms with Gasteiger partial charge in [-0.2, -0.15) is 0 Å². The number of sulfonamides is 1. The van der Waals surface area contributed by atoms with Gasteiger partial charge in [-0.3, -0.25) is 13.9 Å². The summed E-state index contributed by atoms with van der Waals surface area (Å²) in [7, 11) is -2.63. The maximum Gasteiger partial charge on any atom is 0.264 e. The van der Waals surface area contributed by atoms with Gasteiger partial charge in [-0.1, -0.05) is 53.2 Å². The molecule has 1 N–H and O–H groups in total. The van der Waals surface area contributed by atoms with E-state index in [1.165, 1.54) is 24.1 Å². The normalized spacial score (nSPS) is 12.7. The number of carbonyl (C=O) groups excluding carboxylic acids is 2. The third-order valence-corrected chi connectivity index (χ3v) is 8.72. The van der Waals surface area contributed by atoms with Gasteiger partial charge >= 0.3 is 0 Å². The topological polar surface area (TPSA) is 96.0 Å². The van der Waals surface area contributed by atoms with Crippen molar-refractivity contribution < 1.29 is 22.7 Å². The summed E-state index contributed by atoms with van der Waals surface area (Å²) in [6, 6.07) is 20.9. The Kier molecular flexibility index (Phi) is 10.5. The van der Waals surface area contributed by atoms with Crippen LogP contribution >= 0.6 is 15.9 Å². The van der Waals surface area contributed by atoms with Crippen LogP contribution in [0.1, 0.15) is 32.8 Å². The first kappa shape index (κ1) is 30.2. The first-order valence-corrected chi connectivity index (χ1v) is 14.9. The molecule has 3 aromatic rings. The molecule has 39 heavy (non-hydrogen) atoms. The molecule has 3 rings (SSSR count). The average molecular weight is 617 g/mol. The molecule has 0 aromatic heterocycles. The van der Waals surface area contributed by atoms with E-state index in [-0.39, 0.29) is 23.4 Å². The van der Waals surface area contributed by atoms with E-state index >= 15 is 0 Å². The van der Waals surface area contributed by atoms with E-state index in [0.29, 0.717) is 11.4 Å². The van der Waals surface area contributed by atoms with Crippen molar-refractivity contribution in [2.45, 2.75) is 50.7 Å². The van der Waals surface area contributed by atoms with Crippen LogP contribution in [0.4, 0.5) is 5.69 Å². The third kappa shape index (κ3) is 7.83. The number of methoxy groups -OCH3 is 1. The van der Waals surface area contributed by atoms with Crippen LogP contribution in [0.15, 0.2) is 88.2 Å². The standard InChI is InChI=1S/C29H34BrN3O5S/c1-5-21(2)31-29(35)22(3)32(19-23-11-13-24(30)14-12-23)28(34)20-33(25-9-7-6-8-10-25)39(36,37)27-17-15-26(38-4)16-18-27/h6-18,21-22H,5,19-20H2,1-4H3,(H,31,35)/t21-,22+/m0/s1. The number of nitrogens with zero attached hydrogens (tertiary/aromatic N) is 2. The highest BCUT2D eigenvalue weighted by atomic mass is 79.9. The summed E-state index contributed by atoms with van der Waals surface area (Å²) in [5.74, 6) is -0.303. The Labute approximate surface area is 239 Å². The second kappa shape index (κ2) is 13.6. The van der Waals surface area contributed by atoms with Gasteiger partial charge in [0.05, 0.1) is 17.7 Å². The Hall–Kier alpha value is -3.37. The zero-order chi connectivity index (χ0) is 28.6. The molecule has 3 aromatic carbocycles. The second-order valence-electron chi connectivity index (χ2n) is 9.16. The quantitative estimate of drug-likeness (QED) is 0.310. The van der Waals surface area contributed by atoms with Gasteiger partial charge in [0.25, 0.3) is 10.0 Å². The molecule has 0 heterocycles. The lowest BCUT2D eigenvalue weighted by Crippen LogP contribution is -2.52. The highest BCUT2D eigenvalue weighted by molar-refractivity contribution is 9.10. The van der Waals surface area contributed by atoms with Gasteiger partial charge in [-0.25, -0.2) is 8.42 Å². The molecule has 0 unspecified atom stereocenters. The molecule has 2 atom stereocenters. The predicted molar refractivity (Wildman–Crippen MR) is 156 cm³/mol. The molecule has 0 aliphatic rings. The number of amides is 2. The Morgan fingerprint density at radius 2 is 1.56 bits per heavy atom. The van der Waals surface area contributed by atoms with Crippen molar-refractivity contribution in [3.63, 3.8) is 0 Å². The summed E-state index contributed by atoms with van der Waals surface area (Å²) in [5, 5.41) is 2.93. The maximum absolute atomic E-state index is 13.9. The number of nitrogens with one attached hydrogen (secondary N) is 1. The predicted octanol–water partition coefficient (Wildman–Crippen LogP) is 4.99. The van der Waals surface area contributed by atoms with Gasteiger partial charge in [-0.05, 0) is 74.4 Å². The molecular formula is C29H34BrN3O5S. The Bertz CT molecular complexity index is 1350. The number of hydrogen-bond acceptors (Lipinski definition) is 5. The first-order chi connectivity index (χ1) is 18.6. The number of rotatable bonds is 12. The molecule has 0 saturated carbocycles. The van der Waals surface area contributed by atoms with Crippen molar-refractivity contribution >= 4 is 43.5 Å². The Balaban J connectivity index is 1.99. The summed E-state index contributed by atoms with van der Waals surface area (Å²) in [6.45, 7) is 5.15. The molecule has 0 radical (unpaired) electrons. The number of hydrogen-bond donors (Lipinski definition) is 1. The van der Waals surface area contributed by atoms with E-state index in [4.69, 9.17) is 4.74 Å². The molecule has 0 spiro atoms. The van der Waals surface area contributed by atoms with Crippen LogP contribution in [-0.4, -0.2) is 50.9 Å². The molecule has 8 nitrogen and oxygen atoms in total. The molecule has 0 aliphatic heterocycles. The van der Waals surface area contributed by atoms with Crippen LogP contribution in [0.25, 0.3) is 0 Å². The highest BCUT2D eigenvalue weighted by Gasteiger charge is 2.32. The molecule has 0 saturated heterocycles. The van der Waals surface area contributed by atoms with Gasteiger partial charge in [-0.15, -0.1) is 0 Å². The average Bonchev–Trinajstić information content (AvgIpc) is 2.95. The largest absolute Gasteiger partial charge is 0.497 e. The van der Waals surface area contributed by atoms with Crippen molar-refractivity contribution in [3.8, 4) is 5.75 Å². The molecular weight excluding hydrogens is 582 g/mol. The summed E-state index contributed by atoms with van der Waals surface area (Å²) in [5.41, 5.74) is 1.14. The summed E-state index contributed by atoms with van der Waals surface area (Å²) in [4.78, 5) is 28.4. The number of para-hydroxylation sites is 1. The van der Waals surface area contributed by atoms with Crippen molar-refractivity contribution in [1.82, 2.24) is 10.2 Å². The summed E-state index contributed by atoms with van der Waals surface area (Å²) >= 11 is 3.41. The molecule has 208 valence electrons. The van der Waals surface area contributed by atoms with Crippen molar-refractivity contribution in [2.24, 2.45) is 0 Å². The monoisotopic (exact) mass is 615 g/mol. The minimum Gasteiger partial charge on any atom is -0.497 e. The molecule has 2 amide bonds. The van der Waals surface area contributed by atoms with Crippen molar-refractivity contribution in [1.29, 1.82) is 0 Å². The molecule has 0 bridgehead atoms. The van der Waals surface area contributed by atoms with E-state index in [1.54, 1.807) is 49.4 Å². The van der Waals surface area contributed by atoms with Crippen LogP contribution in [0.5, 0.6) is 5.75 Å². The fourth-order valence-electron chi connectivity index (χ4n) is 3.83. The van der Waals surface area contributed by atoms with E-state index in [9.17, 15) is 18.0 Å². The lowest BCUT2D eigenvalue weighted by Gasteiger charge is -2.32. The molecule has 0 aliphatic carbocycles. The minimum absolute atomic E-state index is 0.0157. The number of anilines is 1. The van der Waals surface area contributed by atoms with Gasteiger partial charge in [0, 0.05) is 17.1 Å². The number of carbonyl (C=O) groups is 2. The van der Waals surface area contributed by atoms with Gasteiger partial charge in [0.15, 0.2) is 0 Å². The SMILES string of the molecule is CC[C@H](C)NC(=O)[C@@H](C)N(Cc1ccc(Br)cc1)C(=O)CN(c1ccccc1)S(=O)(=O)c1ccc(OC)cc1. The van der Waals surface area contributed by atoms with Gasteiger partial charge in [0.1, 0.15) is 18.3 Å². The van der Waals surface area contributed by atoms with E-state index in [0.717, 1.165) is 20.8 Å². The third-order valence-electron chi connectivity index (χ3n) is 6.40. The van der Waals surface area contributed by atoms with Gasteiger partial charge < -0.3 is 15.0 Å². The smallest absolute Gasteiger partial charge is 0.264 e. The van der Waals surface area contributed by atoms with E-state index < -0.39 is 28.5 Å². The fraction of sp³-hybridized carbons (Fsp3) is 0.310. The van der Waals surface area contributed by atoms with Crippen LogP contribution in [0.3, 0.4) is 0 Å². The maximum atomic E-state index is 13.9. The second-order valence-corrected chi connectivity index (χ2v) is 11.9. The summed E-state index contributed by atoms with van der Waals surface area (Å²) in [6.07, 6.45) is 0.737. The van der Waals surface area contributed by atoms with Crippen LogP contribution in [0, 0.1) is 0 Å². The Morgan fingerprint density at radius 3 is 2.13 bits per heavy atom. The lowest BCUT2D eigenvalue weighted by molar-refractivity contribution is -0.139. The first-order valence-electron chi connectivity index (χ1n) is 12.6. The van der Waals surface area contributed by atoms with Crippen molar-refractivity contribution in [2.75, 3.05) is 18.0 Å². The van der Waals surface area contributed by atoms with Gasteiger partial charge in [0.2, 0.25) is 11.8 Å². The Morgan fingerprint density at radius 1 is 0.949 bits per heavy atom. The van der Waals surface area contributed by atoms with E-state index in [1.807, 2.05) is 38.1 Å². The van der Waals surface area contributed by atoms with Crippen LogP contribution < -0.4 is 14.4 Å². The molecule has 0 fully saturated rings. The van der Waals surface area contributed by atoms with E-state index in [2.05, 4.69) is 21.2 Å². The highest BCUT2D eigenvalue weighted by Crippen LogP contribution is 2.26. The fourth-order valence-corrected chi connectivity index (χ4v) is 5.51. The minimum atomic E-state index is -4.13.